The lowest BCUT2D eigenvalue weighted by Crippen LogP contribution is -2.41. The van der Waals surface area contributed by atoms with Crippen LogP contribution in [0.5, 0.6) is 5.88 Å². The standard InChI is InChI=1S/C16H25N3O4/c1-16(2,3)23-15(20)19-9-5-6-12(19)10-22-11-13-14(21-4)18-8-7-17-13/h7-8,12H,5-6,9-11H2,1-4H3. The molecule has 0 saturated carbocycles. The minimum atomic E-state index is -0.488. The van der Waals surface area contributed by atoms with Gasteiger partial charge in [-0.15, -0.1) is 0 Å². The first-order valence-electron chi connectivity index (χ1n) is 7.82. The van der Waals surface area contributed by atoms with Crippen molar-refractivity contribution in [3.05, 3.63) is 18.1 Å². The fraction of sp³-hybridized carbons (Fsp3) is 0.688. The Bertz CT molecular complexity index is 530. The average Bonchev–Trinajstić information content (AvgIpc) is 2.94. The van der Waals surface area contributed by atoms with E-state index in [1.807, 2.05) is 20.8 Å². The lowest BCUT2D eigenvalue weighted by Gasteiger charge is -2.28. The zero-order valence-corrected chi connectivity index (χ0v) is 14.2. The van der Waals surface area contributed by atoms with E-state index in [2.05, 4.69) is 9.97 Å². The van der Waals surface area contributed by atoms with Gasteiger partial charge in [0, 0.05) is 18.9 Å². The second-order valence-electron chi connectivity index (χ2n) is 6.50. The van der Waals surface area contributed by atoms with E-state index in [1.54, 1.807) is 24.4 Å². The molecule has 0 aromatic carbocycles. The van der Waals surface area contributed by atoms with Crippen molar-refractivity contribution in [3.63, 3.8) is 0 Å². The van der Waals surface area contributed by atoms with Gasteiger partial charge in [0.1, 0.15) is 11.3 Å². The van der Waals surface area contributed by atoms with Crippen LogP contribution >= 0.6 is 0 Å². The highest BCUT2D eigenvalue weighted by Gasteiger charge is 2.32. The summed E-state index contributed by atoms with van der Waals surface area (Å²) in [5.74, 6) is 0.461. The van der Waals surface area contributed by atoms with Crippen molar-refractivity contribution < 1.29 is 19.0 Å². The number of methoxy groups -OCH3 is 1. The van der Waals surface area contributed by atoms with Crippen molar-refractivity contribution in [3.8, 4) is 5.88 Å². The Morgan fingerprint density at radius 1 is 1.35 bits per heavy atom. The van der Waals surface area contributed by atoms with Gasteiger partial charge in [-0.05, 0) is 33.6 Å². The molecule has 1 saturated heterocycles. The summed E-state index contributed by atoms with van der Waals surface area (Å²) in [5.41, 5.74) is 0.162. The Balaban J connectivity index is 1.86. The highest BCUT2D eigenvalue weighted by molar-refractivity contribution is 5.68. The van der Waals surface area contributed by atoms with Gasteiger partial charge in [0.25, 0.3) is 0 Å². The quantitative estimate of drug-likeness (QED) is 0.828. The fourth-order valence-electron chi connectivity index (χ4n) is 2.49. The molecule has 1 amide bonds. The molecule has 7 nitrogen and oxygen atoms in total. The van der Waals surface area contributed by atoms with Crippen LogP contribution in [0.15, 0.2) is 12.4 Å². The molecular weight excluding hydrogens is 298 g/mol. The van der Waals surface area contributed by atoms with Crippen molar-refractivity contribution in [2.75, 3.05) is 20.3 Å². The third-order valence-electron chi connectivity index (χ3n) is 3.48. The number of amides is 1. The maximum Gasteiger partial charge on any atom is 0.410 e. The molecule has 23 heavy (non-hydrogen) atoms. The first-order valence-corrected chi connectivity index (χ1v) is 7.82. The Morgan fingerprint density at radius 3 is 2.78 bits per heavy atom. The van der Waals surface area contributed by atoms with E-state index >= 15 is 0 Å². The Kier molecular flexibility index (Phi) is 5.76. The number of nitrogens with zero attached hydrogens (tertiary/aromatic N) is 3. The number of carbonyl (C=O) groups is 1. The maximum atomic E-state index is 12.2. The number of ether oxygens (including phenoxy) is 3. The third kappa shape index (κ3) is 5.06. The molecule has 1 aliphatic heterocycles. The Morgan fingerprint density at radius 2 is 2.09 bits per heavy atom. The molecule has 1 aromatic rings. The molecule has 1 aliphatic rings. The molecule has 0 bridgehead atoms. The van der Waals surface area contributed by atoms with Gasteiger partial charge in [-0.25, -0.2) is 9.78 Å². The Labute approximate surface area is 137 Å². The summed E-state index contributed by atoms with van der Waals surface area (Å²) in [6, 6.07) is 0.0347. The predicted octanol–water partition coefficient (Wildman–Crippen LogP) is 2.40. The summed E-state index contributed by atoms with van der Waals surface area (Å²) in [7, 11) is 1.55. The molecule has 0 aliphatic carbocycles. The van der Waals surface area contributed by atoms with Crippen LogP contribution in [0.1, 0.15) is 39.3 Å². The van der Waals surface area contributed by atoms with Crippen LogP contribution in [-0.2, 0) is 16.1 Å². The number of rotatable bonds is 5. The van der Waals surface area contributed by atoms with Gasteiger partial charge in [-0.2, -0.15) is 0 Å². The molecule has 2 heterocycles. The summed E-state index contributed by atoms with van der Waals surface area (Å²) in [5, 5.41) is 0. The second-order valence-corrected chi connectivity index (χ2v) is 6.50. The molecule has 1 unspecified atom stereocenters. The fourth-order valence-corrected chi connectivity index (χ4v) is 2.49. The molecule has 2 rings (SSSR count). The predicted molar refractivity (Wildman–Crippen MR) is 84.2 cm³/mol. The van der Waals surface area contributed by atoms with Crippen molar-refractivity contribution in [1.29, 1.82) is 0 Å². The molecule has 128 valence electrons. The summed E-state index contributed by atoms with van der Waals surface area (Å²) < 4.78 is 16.3. The van der Waals surface area contributed by atoms with E-state index in [0.717, 1.165) is 12.8 Å². The molecule has 1 fully saturated rings. The van der Waals surface area contributed by atoms with Crippen LogP contribution in [0.25, 0.3) is 0 Å². The van der Waals surface area contributed by atoms with Crippen LogP contribution < -0.4 is 4.74 Å². The molecule has 1 atom stereocenters. The van der Waals surface area contributed by atoms with Gasteiger partial charge < -0.3 is 19.1 Å². The van der Waals surface area contributed by atoms with Crippen LogP contribution in [0.3, 0.4) is 0 Å². The van der Waals surface area contributed by atoms with Crippen LogP contribution in [0.2, 0.25) is 0 Å². The van der Waals surface area contributed by atoms with Gasteiger partial charge in [-0.1, -0.05) is 0 Å². The van der Waals surface area contributed by atoms with E-state index in [1.165, 1.54) is 0 Å². The summed E-state index contributed by atoms with van der Waals surface area (Å²) in [6.07, 6.45) is 4.77. The number of hydrogen-bond donors (Lipinski definition) is 0. The van der Waals surface area contributed by atoms with Crippen molar-refractivity contribution in [2.24, 2.45) is 0 Å². The highest BCUT2D eigenvalue weighted by atomic mass is 16.6. The van der Waals surface area contributed by atoms with E-state index in [4.69, 9.17) is 14.2 Å². The van der Waals surface area contributed by atoms with Crippen molar-refractivity contribution >= 4 is 6.09 Å². The number of hydrogen-bond acceptors (Lipinski definition) is 6. The minimum absolute atomic E-state index is 0.0347. The summed E-state index contributed by atoms with van der Waals surface area (Å²) >= 11 is 0. The monoisotopic (exact) mass is 323 g/mol. The zero-order chi connectivity index (χ0) is 16.9. The lowest BCUT2D eigenvalue weighted by molar-refractivity contribution is 0.00834. The molecule has 1 aromatic heterocycles. The zero-order valence-electron chi connectivity index (χ0n) is 14.2. The van der Waals surface area contributed by atoms with Crippen LogP contribution in [0, 0.1) is 0 Å². The average molecular weight is 323 g/mol. The summed E-state index contributed by atoms with van der Waals surface area (Å²) in [6.45, 7) is 7.05. The van der Waals surface area contributed by atoms with Gasteiger partial charge in [0.15, 0.2) is 0 Å². The SMILES string of the molecule is COc1nccnc1COCC1CCCN1C(=O)OC(C)(C)C. The topological polar surface area (TPSA) is 73.8 Å². The van der Waals surface area contributed by atoms with Gasteiger partial charge in [-0.3, -0.25) is 4.98 Å². The van der Waals surface area contributed by atoms with E-state index in [9.17, 15) is 4.79 Å². The molecular formula is C16H25N3O4. The summed E-state index contributed by atoms with van der Waals surface area (Å²) in [4.78, 5) is 22.2. The van der Waals surface area contributed by atoms with Gasteiger partial charge in [0.05, 0.1) is 26.4 Å². The van der Waals surface area contributed by atoms with Crippen molar-refractivity contribution in [1.82, 2.24) is 14.9 Å². The van der Waals surface area contributed by atoms with E-state index in [0.29, 0.717) is 31.3 Å². The van der Waals surface area contributed by atoms with Crippen LogP contribution in [0.4, 0.5) is 4.79 Å². The van der Waals surface area contributed by atoms with Crippen molar-refractivity contribution in [2.45, 2.75) is 51.9 Å². The first-order chi connectivity index (χ1) is 10.9. The van der Waals surface area contributed by atoms with E-state index < -0.39 is 5.60 Å². The molecule has 7 heteroatoms. The highest BCUT2D eigenvalue weighted by Crippen LogP contribution is 2.21. The number of likely N-dealkylation sites (tertiary alicyclic amines) is 1. The number of aromatic nitrogens is 2. The second kappa shape index (κ2) is 7.59. The molecule has 0 N–H and O–H groups in total. The minimum Gasteiger partial charge on any atom is -0.480 e. The smallest absolute Gasteiger partial charge is 0.410 e. The largest absolute Gasteiger partial charge is 0.480 e. The normalized spacial score (nSPS) is 18.1. The first kappa shape index (κ1) is 17.5. The van der Waals surface area contributed by atoms with Gasteiger partial charge in [0.2, 0.25) is 5.88 Å². The molecule has 0 radical (unpaired) electrons. The van der Waals surface area contributed by atoms with Crippen LogP contribution in [-0.4, -0.2) is 52.9 Å². The van der Waals surface area contributed by atoms with E-state index in [-0.39, 0.29) is 12.1 Å². The Hall–Kier alpha value is -1.89. The number of carbonyl (C=O) groups excluding carboxylic acids is 1. The molecule has 0 spiro atoms. The lowest BCUT2D eigenvalue weighted by atomic mass is 10.2. The third-order valence-corrected chi connectivity index (χ3v) is 3.48. The maximum absolute atomic E-state index is 12.2. The van der Waals surface area contributed by atoms with Gasteiger partial charge >= 0.3 is 6.09 Å².